The molecule has 6 heteroatoms. The number of carbonyl (C=O) groups is 1. The molecule has 5 nitrogen and oxygen atoms in total. The van der Waals surface area contributed by atoms with Crippen LogP contribution >= 0.6 is 12.4 Å². The fourth-order valence-corrected chi connectivity index (χ4v) is 3.44. The third-order valence-electron chi connectivity index (χ3n) is 4.86. The molecule has 1 aromatic rings. The van der Waals surface area contributed by atoms with Crippen LogP contribution in [0.1, 0.15) is 50.6 Å². The molecule has 1 heterocycles. The second-order valence-corrected chi connectivity index (χ2v) is 6.60. The van der Waals surface area contributed by atoms with Crippen LogP contribution in [0.2, 0.25) is 0 Å². The SMILES string of the molecule is CC(NC(=O)CC1CCCCC1N)c1ccc2c(c1)OCCO2.Cl. The Balaban J connectivity index is 0.00000208. The maximum Gasteiger partial charge on any atom is 0.220 e. The van der Waals surface area contributed by atoms with E-state index in [1.807, 2.05) is 25.1 Å². The lowest BCUT2D eigenvalue weighted by atomic mass is 9.83. The molecule has 134 valence electrons. The van der Waals surface area contributed by atoms with Crippen molar-refractivity contribution in [3.05, 3.63) is 23.8 Å². The minimum absolute atomic E-state index is 0. The highest BCUT2D eigenvalue weighted by atomic mass is 35.5. The van der Waals surface area contributed by atoms with Crippen molar-refractivity contribution in [2.24, 2.45) is 11.7 Å². The minimum Gasteiger partial charge on any atom is -0.486 e. The quantitative estimate of drug-likeness (QED) is 0.871. The first-order valence-corrected chi connectivity index (χ1v) is 8.58. The van der Waals surface area contributed by atoms with Crippen LogP contribution in [0.4, 0.5) is 0 Å². The fraction of sp³-hybridized carbons (Fsp3) is 0.611. The molecule has 3 unspecified atom stereocenters. The zero-order valence-electron chi connectivity index (χ0n) is 14.1. The second-order valence-electron chi connectivity index (χ2n) is 6.60. The van der Waals surface area contributed by atoms with Gasteiger partial charge < -0.3 is 20.5 Å². The van der Waals surface area contributed by atoms with Crippen LogP contribution in [0.25, 0.3) is 0 Å². The van der Waals surface area contributed by atoms with Crippen LogP contribution in [0, 0.1) is 5.92 Å². The summed E-state index contributed by atoms with van der Waals surface area (Å²) >= 11 is 0. The Morgan fingerprint density at radius 2 is 1.96 bits per heavy atom. The Hall–Kier alpha value is -1.46. The summed E-state index contributed by atoms with van der Waals surface area (Å²) in [5.41, 5.74) is 7.16. The van der Waals surface area contributed by atoms with E-state index < -0.39 is 0 Å². The predicted molar refractivity (Wildman–Crippen MR) is 95.8 cm³/mol. The number of amides is 1. The molecule has 1 amide bonds. The molecule has 1 aliphatic carbocycles. The number of rotatable bonds is 4. The van der Waals surface area contributed by atoms with Crippen molar-refractivity contribution in [3.63, 3.8) is 0 Å². The van der Waals surface area contributed by atoms with Gasteiger partial charge in [-0.15, -0.1) is 12.4 Å². The Bertz CT molecular complexity index is 567. The number of carbonyl (C=O) groups excluding carboxylic acids is 1. The molecule has 0 saturated heterocycles. The van der Waals surface area contributed by atoms with Crippen molar-refractivity contribution in [2.75, 3.05) is 13.2 Å². The van der Waals surface area contributed by atoms with E-state index in [1.54, 1.807) is 0 Å². The highest BCUT2D eigenvalue weighted by molar-refractivity contribution is 5.85. The largest absolute Gasteiger partial charge is 0.486 e. The second kappa shape index (κ2) is 8.58. The molecule has 1 fully saturated rings. The van der Waals surface area contributed by atoms with Crippen LogP contribution in [0.5, 0.6) is 11.5 Å². The molecule has 0 spiro atoms. The lowest BCUT2D eigenvalue weighted by molar-refractivity contribution is -0.123. The number of hydrogen-bond acceptors (Lipinski definition) is 4. The van der Waals surface area contributed by atoms with Crippen LogP contribution < -0.4 is 20.5 Å². The fourth-order valence-electron chi connectivity index (χ4n) is 3.44. The van der Waals surface area contributed by atoms with Crippen molar-refractivity contribution in [2.45, 2.75) is 51.1 Å². The molecule has 3 rings (SSSR count). The van der Waals surface area contributed by atoms with Crippen molar-refractivity contribution in [3.8, 4) is 11.5 Å². The maximum atomic E-state index is 12.3. The molecule has 0 radical (unpaired) electrons. The summed E-state index contributed by atoms with van der Waals surface area (Å²) in [6.07, 6.45) is 4.99. The standard InChI is InChI=1S/C18H26N2O3.ClH/c1-12(13-6-7-16-17(10-13)23-9-8-22-16)20-18(21)11-14-4-2-3-5-15(14)19;/h6-7,10,12,14-15H,2-5,8-9,11,19H2,1H3,(H,20,21);1H. The van der Waals surface area contributed by atoms with E-state index in [1.165, 1.54) is 12.8 Å². The number of benzene rings is 1. The van der Waals surface area contributed by atoms with Gasteiger partial charge in [-0.05, 0) is 43.4 Å². The van der Waals surface area contributed by atoms with Crippen LogP contribution in [-0.4, -0.2) is 25.2 Å². The van der Waals surface area contributed by atoms with E-state index in [0.717, 1.165) is 29.9 Å². The summed E-state index contributed by atoms with van der Waals surface area (Å²) < 4.78 is 11.1. The summed E-state index contributed by atoms with van der Waals surface area (Å²) in [6, 6.07) is 5.94. The molecular formula is C18H27ClN2O3. The van der Waals surface area contributed by atoms with E-state index in [4.69, 9.17) is 15.2 Å². The third-order valence-corrected chi connectivity index (χ3v) is 4.86. The average Bonchev–Trinajstić information content (AvgIpc) is 2.56. The highest BCUT2D eigenvalue weighted by Crippen LogP contribution is 2.32. The highest BCUT2D eigenvalue weighted by Gasteiger charge is 2.25. The van der Waals surface area contributed by atoms with Crippen molar-refractivity contribution < 1.29 is 14.3 Å². The van der Waals surface area contributed by atoms with Gasteiger partial charge in [0.25, 0.3) is 0 Å². The van der Waals surface area contributed by atoms with Crippen molar-refractivity contribution in [1.82, 2.24) is 5.32 Å². The van der Waals surface area contributed by atoms with Crippen LogP contribution in [0.3, 0.4) is 0 Å². The molecule has 2 aliphatic rings. The molecule has 3 atom stereocenters. The Morgan fingerprint density at radius 1 is 1.25 bits per heavy atom. The summed E-state index contributed by atoms with van der Waals surface area (Å²) in [6.45, 7) is 3.14. The van der Waals surface area contributed by atoms with Gasteiger partial charge in [-0.2, -0.15) is 0 Å². The monoisotopic (exact) mass is 354 g/mol. The normalized spacial score (nSPS) is 23.8. The number of fused-ring (bicyclic) bond motifs is 1. The minimum atomic E-state index is -0.0573. The van der Waals surface area contributed by atoms with E-state index in [9.17, 15) is 4.79 Å². The number of ether oxygens (including phenoxy) is 2. The van der Waals surface area contributed by atoms with Gasteiger partial charge in [0.2, 0.25) is 5.91 Å². The third kappa shape index (κ3) is 4.54. The number of halogens is 1. The molecular weight excluding hydrogens is 328 g/mol. The van der Waals surface area contributed by atoms with Gasteiger partial charge in [-0.3, -0.25) is 4.79 Å². The van der Waals surface area contributed by atoms with Gasteiger partial charge >= 0.3 is 0 Å². The topological polar surface area (TPSA) is 73.6 Å². The average molecular weight is 355 g/mol. The Labute approximate surface area is 149 Å². The predicted octanol–water partition coefficient (Wildman–Crippen LogP) is 2.96. The molecule has 3 N–H and O–H groups in total. The summed E-state index contributed by atoms with van der Waals surface area (Å²) in [4.78, 5) is 12.3. The lowest BCUT2D eigenvalue weighted by Gasteiger charge is -2.28. The van der Waals surface area contributed by atoms with Gasteiger partial charge in [-0.1, -0.05) is 18.9 Å². The lowest BCUT2D eigenvalue weighted by Crippen LogP contribution is -2.37. The first kappa shape index (κ1) is 18.9. The van der Waals surface area contributed by atoms with Gasteiger partial charge in [0.15, 0.2) is 11.5 Å². The molecule has 0 aromatic heterocycles. The van der Waals surface area contributed by atoms with Gasteiger partial charge in [0.05, 0.1) is 6.04 Å². The zero-order valence-corrected chi connectivity index (χ0v) is 14.9. The Morgan fingerprint density at radius 3 is 2.71 bits per heavy atom. The van der Waals surface area contributed by atoms with Gasteiger partial charge in [0, 0.05) is 12.5 Å². The number of nitrogens with one attached hydrogen (secondary N) is 1. The zero-order chi connectivity index (χ0) is 16.2. The molecule has 1 saturated carbocycles. The van der Waals surface area contributed by atoms with Gasteiger partial charge in [0.1, 0.15) is 13.2 Å². The van der Waals surface area contributed by atoms with Crippen molar-refractivity contribution >= 4 is 18.3 Å². The summed E-state index contributed by atoms with van der Waals surface area (Å²) in [5, 5.41) is 3.08. The molecule has 24 heavy (non-hydrogen) atoms. The van der Waals surface area contributed by atoms with E-state index >= 15 is 0 Å². The summed E-state index contributed by atoms with van der Waals surface area (Å²) in [7, 11) is 0. The summed E-state index contributed by atoms with van der Waals surface area (Å²) in [5.74, 6) is 1.92. The number of hydrogen-bond donors (Lipinski definition) is 2. The number of nitrogens with two attached hydrogens (primary N) is 1. The smallest absolute Gasteiger partial charge is 0.220 e. The van der Waals surface area contributed by atoms with Crippen LogP contribution in [-0.2, 0) is 4.79 Å². The van der Waals surface area contributed by atoms with E-state index in [-0.39, 0.29) is 30.4 Å². The van der Waals surface area contributed by atoms with Gasteiger partial charge in [-0.25, -0.2) is 0 Å². The van der Waals surface area contributed by atoms with E-state index in [2.05, 4.69) is 5.32 Å². The molecule has 1 aliphatic heterocycles. The first-order valence-electron chi connectivity index (χ1n) is 8.58. The Kier molecular flexibility index (Phi) is 6.75. The van der Waals surface area contributed by atoms with Crippen molar-refractivity contribution in [1.29, 1.82) is 0 Å². The maximum absolute atomic E-state index is 12.3. The van der Waals surface area contributed by atoms with E-state index in [0.29, 0.717) is 25.6 Å². The van der Waals surface area contributed by atoms with Crippen LogP contribution in [0.15, 0.2) is 18.2 Å². The molecule has 0 bridgehead atoms. The first-order chi connectivity index (χ1) is 11.1. The molecule has 1 aromatic carbocycles.